The van der Waals surface area contributed by atoms with Gasteiger partial charge in [-0.15, -0.1) is 0 Å². The Morgan fingerprint density at radius 2 is 1.94 bits per heavy atom. The molecule has 4 aliphatic rings. The minimum atomic E-state index is 0.114. The van der Waals surface area contributed by atoms with Gasteiger partial charge in [0.15, 0.2) is 0 Å². The molecule has 7 unspecified atom stereocenters. The van der Waals surface area contributed by atoms with E-state index in [0.717, 1.165) is 77.9 Å². The Labute approximate surface area is 205 Å². The maximum atomic E-state index is 13.0. The van der Waals surface area contributed by atoms with E-state index in [0.29, 0.717) is 30.5 Å². The van der Waals surface area contributed by atoms with Crippen LogP contribution in [0.3, 0.4) is 0 Å². The number of hydrogen-bond acceptors (Lipinski definition) is 9. The first kappa shape index (κ1) is 26.2. The third kappa shape index (κ3) is 6.88. The Hall–Kier alpha value is -0.850. The van der Waals surface area contributed by atoms with Crippen LogP contribution in [-0.4, -0.2) is 92.9 Å². The molecule has 34 heavy (non-hydrogen) atoms. The molecule has 4 fully saturated rings. The van der Waals surface area contributed by atoms with E-state index < -0.39 is 0 Å². The highest BCUT2D eigenvalue weighted by atomic mass is 16.3. The predicted octanol–water partition coefficient (Wildman–Crippen LogP) is -1.15. The normalized spacial score (nSPS) is 37.5. The molecule has 0 bridgehead atoms. The summed E-state index contributed by atoms with van der Waals surface area (Å²) < 4.78 is 0. The summed E-state index contributed by atoms with van der Waals surface area (Å²) in [4.78, 5) is 15.3. The zero-order valence-corrected chi connectivity index (χ0v) is 21.0. The van der Waals surface area contributed by atoms with E-state index in [1.807, 2.05) is 0 Å². The molecule has 10 nitrogen and oxygen atoms in total. The number of rotatable bonds is 10. The second-order valence-corrected chi connectivity index (χ2v) is 10.6. The standard InChI is InChI=1S/C24H48N8O2/c1-2-17-13-25-8-6-19(17)14-28-24(34)18-4-3-5-20(12-18)27-15-22-30-31-23(32(22)10-11-33)21-7-9-26-16-29-21/h17-23,25-27,29-31,33H,2-16H2,1H3,(H,28,34). The lowest BCUT2D eigenvalue weighted by molar-refractivity contribution is -0.126. The summed E-state index contributed by atoms with van der Waals surface area (Å²) in [6.07, 6.45) is 7.79. The number of carbonyl (C=O) groups is 1. The van der Waals surface area contributed by atoms with Crippen molar-refractivity contribution < 1.29 is 9.90 Å². The van der Waals surface area contributed by atoms with Gasteiger partial charge in [0.2, 0.25) is 5.91 Å². The molecule has 0 aromatic heterocycles. The Kier molecular flexibility index (Phi) is 10.4. The van der Waals surface area contributed by atoms with Crippen molar-refractivity contribution in [2.24, 2.45) is 17.8 Å². The second kappa shape index (κ2) is 13.5. The van der Waals surface area contributed by atoms with Gasteiger partial charge in [0.1, 0.15) is 0 Å². The highest BCUT2D eigenvalue weighted by molar-refractivity contribution is 5.78. The van der Waals surface area contributed by atoms with Crippen LogP contribution in [0.2, 0.25) is 0 Å². The van der Waals surface area contributed by atoms with Crippen molar-refractivity contribution in [3.63, 3.8) is 0 Å². The monoisotopic (exact) mass is 480 g/mol. The number of hydrazine groups is 1. The summed E-state index contributed by atoms with van der Waals surface area (Å²) in [5.74, 6) is 1.64. The molecule has 3 saturated heterocycles. The fraction of sp³-hybridized carbons (Fsp3) is 0.958. The Morgan fingerprint density at radius 1 is 1.06 bits per heavy atom. The highest BCUT2D eigenvalue weighted by Gasteiger charge is 2.38. The van der Waals surface area contributed by atoms with Crippen LogP contribution >= 0.6 is 0 Å². The summed E-state index contributed by atoms with van der Waals surface area (Å²) in [5, 5.41) is 27.0. The minimum Gasteiger partial charge on any atom is -0.395 e. The van der Waals surface area contributed by atoms with Crippen molar-refractivity contribution in [1.82, 2.24) is 42.3 Å². The molecule has 4 rings (SSSR count). The zero-order chi connectivity index (χ0) is 23.8. The van der Waals surface area contributed by atoms with Crippen molar-refractivity contribution in [1.29, 1.82) is 0 Å². The molecular weight excluding hydrogens is 432 g/mol. The van der Waals surface area contributed by atoms with E-state index in [4.69, 9.17) is 0 Å². The molecule has 7 atom stereocenters. The van der Waals surface area contributed by atoms with Gasteiger partial charge < -0.3 is 26.4 Å². The molecule has 0 radical (unpaired) electrons. The first-order valence-corrected chi connectivity index (χ1v) is 13.7. The number of nitrogens with zero attached hydrogens (tertiary/aromatic N) is 1. The van der Waals surface area contributed by atoms with Gasteiger partial charge >= 0.3 is 0 Å². The van der Waals surface area contributed by atoms with Gasteiger partial charge in [-0.2, -0.15) is 0 Å². The lowest BCUT2D eigenvalue weighted by Crippen LogP contribution is -2.59. The summed E-state index contributed by atoms with van der Waals surface area (Å²) in [7, 11) is 0. The maximum absolute atomic E-state index is 13.0. The lowest BCUT2D eigenvalue weighted by atomic mass is 9.83. The average molecular weight is 481 g/mol. The van der Waals surface area contributed by atoms with E-state index in [2.05, 4.69) is 49.3 Å². The van der Waals surface area contributed by atoms with Crippen LogP contribution in [0.5, 0.6) is 0 Å². The number of hydrogen-bond donors (Lipinski definition) is 8. The fourth-order valence-corrected chi connectivity index (χ4v) is 6.36. The van der Waals surface area contributed by atoms with Crippen LogP contribution < -0.4 is 37.4 Å². The van der Waals surface area contributed by atoms with Gasteiger partial charge in [-0.1, -0.05) is 19.8 Å². The summed E-state index contributed by atoms with van der Waals surface area (Å²) in [6.45, 7) is 8.63. The number of amides is 1. The number of piperidine rings is 1. The summed E-state index contributed by atoms with van der Waals surface area (Å²) in [6, 6.07) is 0.709. The van der Waals surface area contributed by atoms with Crippen LogP contribution in [-0.2, 0) is 4.79 Å². The van der Waals surface area contributed by atoms with Crippen LogP contribution in [0, 0.1) is 17.8 Å². The van der Waals surface area contributed by atoms with E-state index >= 15 is 0 Å². The quantitative estimate of drug-likeness (QED) is 0.196. The first-order chi connectivity index (χ1) is 16.7. The third-order valence-corrected chi connectivity index (χ3v) is 8.49. The van der Waals surface area contributed by atoms with Crippen molar-refractivity contribution in [3.8, 4) is 0 Å². The Morgan fingerprint density at radius 3 is 2.74 bits per heavy atom. The topological polar surface area (TPSA) is 125 Å². The van der Waals surface area contributed by atoms with Crippen molar-refractivity contribution in [3.05, 3.63) is 0 Å². The van der Waals surface area contributed by atoms with E-state index in [1.54, 1.807) is 0 Å². The number of aliphatic hydroxyl groups is 1. The SMILES string of the molecule is CCC1CNCCC1CNC(=O)C1CCCC(NCC2NNC(C3CCNCN3)N2CCO)C1. The molecule has 1 aliphatic carbocycles. The highest BCUT2D eigenvalue weighted by Crippen LogP contribution is 2.26. The van der Waals surface area contributed by atoms with Gasteiger partial charge in [0.05, 0.1) is 18.9 Å². The Balaban J connectivity index is 1.22. The molecule has 8 N–H and O–H groups in total. The molecule has 1 amide bonds. The predicted molar refractivity (Wildman–Crippen MR) is 134 cm³/mol. The molecule has 1 saturated carbocycles. The molecule has 3 heterocycles. The van der Waals surface area contributed by atoms with E-state index in [1.165, 1.54) is 6.42 Å². The molecule has 10 heteroatoms. The third-order valence-electron chi connectivity index (χ3n) is 8.49. The van der Waals surface area contributed by atoms with Crippen molar-refractivity contribution >= 4 is 5.91 Å². The Bertz CT molecular complexity index is 620. The zero-order valence-electron chi connectivity index (χ0n) is 21.0. The molecule has 0 aromatic carbocycles. The van der Waals surface area contributed by atoms with Crippen molar-refractivity contribution in [2.75, 3.05) is 52.5 Å². The lowest BCUT2D eigenvalue weighted by Gasteiger charge is -2.36. The second-order valence-electron chi connectivity index (χ2n) is 10.6. The van der Waals surface area contributed by atoms with Crippen LogP contribution in [0.25, 0.3) is 0 Å². The number of aliphatic hydroxyl groups excluding tert-OH is 1. The number of carbonyl (C=O) groups excluding carboxylic acids is 1. The van der Waals surface area contributed by atoms with E-state index in [-0.39, 0.29) is 30.8 Å². The van der Waals surface area contributed by atoms with Gasteiger partial charge in [0.25, 0.3) is 0 Å². The minimum absolute atomic E-state index is 0.114. The maximum Gasteiger partial charge on any atom is 0.223 e. The van der Waals surface area contributed by atoms with Gasteiger partial charge in [0, 0.05) is 44.3 Å². The average Bonchev–Trinajstić information content (AvgIpc) is 3.29. The molecule has 0 aromatic rings. The fourth-order valence-electron chi connectivity index (χ4n) is 6.36. The van der Waals surface area contributed by atoms with Gasteiger partial charge in [-0.25, -0.2) is 10.9 Å². The molecule has 196 valence electrons. The first-order valence-electron chi connectivity index (χ1n) is 13.7. The van der Waals surface area contributed by atoms with Crippen molar-refractivity contribution in [2.45, 2.75) is 76.3 Å². The van der Waals surface area contributed by atoms with Gasteiger partial charge in [-0.05, 0) is 63.6 Å². The summed E-state index contributed by atoms with van der Waals surface area (Å²) in [5.41, 5.74) is 6.88. The largest absolute Gasteiger partial charge is 0.395 e. The molecule has 3 aliphatic heterocycles. The van der Waals surface area contributed by atoms with Crippen LogP contribution in [0.15, 0.2) is 0 Å². The van der Waals surface area contributed by atoms with Crippen LogP contribution in [0.1, 0.15) is 51.9 Å². The van der Waals surface area contributed by atoms with E-state index in [9.17, 15) is 9.90 Å². The molecular formula is C24H48N8O2. The molecule has 0 spiro atoms. The number of nitrogens with one attached hydrogen (secondary N) is 7. The van der Waals surface area contributed by atoms with Gasteiger partial charge in [-0.3, -0.25) is 15.0 Å². The van der Waals surface area contributed by atoms with Crippen LogP contribution in [0.4, 0.5) is 0 Å². The number of β-amino-alcohol motifs (C(OH)–C–C–N with tert-alkyl or cyclic N) is 1. The smallest absolute Gasteiger partial charge is 0.223 e. The summed E-state index contributed by atoms with van der Waals surface area (Å²) >= 11 is 0.